The number of hydrogen-bond donors (Lipinski definition) is 2. The summed E-state index contributed by atoms with van der Waals surface area (Å²) in [7, 11) is 0. The lowest BCUT2D eigenvalue weighted by Gasteiger charge is -2.14. The van der Waals surface area contributed by atoms with E-state index in [9.17, 15) is 4.79 Å². The highest BCUT2D eigenvalue weighted by Crippen LogP contribution is 2.28. The van der Waals surface area contributed by atoms with E-state index in [1.807, 2.05) is 39.8 Å². The minimum atomic E-state index is -0.114. The average molecular weight is 397 g/mol. The molecule has 5 nitrogen and oxygen atoms in total. The van der Waals surface area contributed by atoms with Gasteiger partial charge in [0.1, 0.15) is 10.7 Å². The zero-order valence-electron chi connectivity index (χ0n) is 15.6. The quantitative estimate of drug-likeness (QED) is 0.497. The van der Waals surface area contributed by atoms with E-state index in [0.29, 0.717) is 11.2 Å². The van der Waals surface area contributed by atoms with Crippen molar-refractivity contribution >= 4 is 38.6 Å². The molecular formula is C20H20N4OS2. The Morgan fingerprint density at radius 3 is 2.52 bits per heavy atom. The molecule has 0 radical (unpaired) electrons. The number of aryl methyl sites for hydroxylation is 3. The molecule has 0 fully saturated rings. The second-order valence-corrected chi connectivity index (χ2v) is 8.88. The van der Waals surface area contributed by atoms with Gasteiger partial charge in [0.25, 0.3) is 5.56 Å². The number of benzene rings is 1. The summed E-state index contributed by atoms with van der Waals surface area (Å²) in [5.41, 5.74) is 4.01. The summed E-state index contributed by atoms with van der Waals surface area (Å²) < 4.78 is 0. The molecule has 27 heavy (non-hydrogen) atoms. The maximum absolute atomic E-state index is 12.5. The van der Waals surface area contributed by atoms with E-state index >= 15 is 0 Å². The molecule has 4 rings (SSSR count). The van der Waals surface area contributed by atoms with E-state index < -0.39 is 0 Å². The summed E-state index contributed by atoms with van der Waals surface area (Å²) in [6.07, 6.45) is 0. The van der Waals surface area contributed by atoms with Crippen molar-refractivity contribution in [1.29, 1.82) is 0 Å². The fourth-order valence-corrected chi connectivity index (χ4v) is 4.69. The Morgan fingerprint density at radius 1 is 1.11 bits per heavy atom. The number of nitrogens with zero attached hydrogens (tertiary/aromatic N) is 2. The second kappa shape index (κ2) is 6.90. The second-order valence-electron chi connectivity index (χ2n) is 6.61. The van der Waals surface area contributed by atoms with Gasteiger partial charge in [-0.25, -0.2) is 9.97 Å². The minimum absolute atomic E-state index is 0.0697. The first kappa shape index (κ1) is 17.9. The van der Waals surface area contributed by atoms with Crippen LogP contribution in [0.1, 0.15) is 34.2 Å². The molecule has 1 atom stereocenters. The number of anilines is 1. The smallest absolute Gasteiger partial charge is 0.259 e. The van der Waals surface area contributed by atoms with Crippen molar-refractivity contribution < 1.29 is 0 Å². The molecular weight excluding hydrogens is 376 g/mol. The van der Waals surface area contributed by atoms with Gasteiger partial charge in [-0.15, -0.1) is 22.7 Å². The molecule has 2 N–H and O–H groups in total. The van der Waals surface area contributed by atoms with Crippen LogP contribution in [0.5, 0.6) is 0 Å². The van der Waals surface area contributed by atoms with E-state index in [1.54, 1.807) is 22.7 Å². The summed E-state index contributed by atoms with van der Waals surface area (Å²) in [6, 6.07) is 8.04. The number of H-pyrrole nitrogens is 1. The normalized spacial score (nSPS) is 12.4. The van der Waals surface area contributed by atoms with Crippen molar-refractivity contribution in [3.05, 3.63) is 61.3 Å². The number of hydrogen-bond acceptors (Lipinski definition) is 6. The van der Waals surface area contributed by atoms with Crippen molar-refractivity contribution in [1.82, 2.24) is 15.0 Å². The first-order valence-electron chi connectivity index (χ1n) is 8.71. The Labute approximate surface area is 165 Å². The predicted molar refractivity (Wildman–Crippen MR) is 114 cm³/mol. The molecule has 7 heteroatoms. The highest BCUT2D eigenvalue weighted by molar-refractivity contribution is 7.18. The standard InChI is InChI=1S/C20H20N4OS2/c1-10-12(3)27-20-17(10)19(25)23-18(24-20)11(2)21-15-7-5-14(6-8-15)16-9-26-13(4)22-16/h5-9,11,21H,1-4H3,(H,23,24,25)/t11-/m1/s1. The van der Waals surface area contributed by atoms with Crippen LogP contribution in [0.3, 0.4) is 0 Å². The van der Waals surface area contributed by atoms with Gasteiger partial charge in [0.2, 0.25) is 0 Å². The summed E-state index contributed by atoms with van der Waals surface area (Å²) in [6.45, 7) is 7.99. The van der Waals surface area contributed by atoms with E-state index in [0.717, 1.165) is 37.2 Å². The minimum Gasteiger partial charge on any atom is -0.375 e. The maximum Gasteiger partial charge on any atom is 0.259 e. The van der Waals surface area contributed by atoms with Crippen LogP contribution in [0.4, 0.5) is 5.69 Å². The topological polar surface area (TPSA) is 70.7 Å². The third-order valence-electron chi connectivity index (χ3n) is 4.65. The molecule has 0 bridgehead atoms. The molecule has 0 aliphatic rings. The zero-order valence-corrected chi connectivity index (χ0v) is 17.2. The fourth-order valence-electron chi connectivity index (χ4n) is 3.03. The van der Waals surface area contributed by atoms with Gasteiger partial charge in [0.05, 0.1) is 22.1 Å². The van der Waals surface area contributed by atoms with Gasteiger partial charge in [-0.1, -0.05) is 12.1 Å². The van der Waals surface area contributed by atoms with Gasteiger partial charge in [0, 0.05) is 21.5 Å². The molecule has 0 unspecified atom stereocenters. The molecule has 138 valence electrons. The van der Waals surface area contributed by atoms with Crippen LogP contribution in [0.15, 0.2) is 34.4 Å². The van der Waals surface area contributed by atoms with Crippen LogP contribution in [-0.2, 0) is 0 Å². The summed E-state index contributed by atoms with van der Waals surface area (Å²) in [5, 5.41) is 7.24. The fraction of sp³-hybridized carbons (Fsp3) is 0.250. The molecule has 0 spiro atoms. The van der Waals surface area contributed by atoms with Crippen molar-refractivity contribution in [2.24, 2.45) is 0 Å². The van der Waals surface area contributed by atoms with Crippen LogP contribution in [0.25, 0.3) is 21.5 Å². The van der Waals surface area contributed by atoms with E-state index in [1.165, 1.54) is 0 Å². The van der Waals surface area contributed by atoms with Crippen LogP contribution < -0.4 is 10.9 Å². The molecule has 0 amide bonds. The molecule has 4 aromatic rings. The SMILES string of the molecule is Cc1nc(-c2ccc(N[C@H](C)c3nc4sc(C)c(C)c4c(=O)[nH]3)cc2)cs1. The molecule has 0 saturated carbocycles. The Kier molecular flexibility index (Phi) is 4.57. The van der Waals surface area contributed by atoms with E-state index in [2.05, 4.69) is 37.8 Å². The summed E-state index contributed by atoms with van der Waals surface area (Å²) >= 11 is 3.22. The van der Waals surface area contributed by atoms with Crippen molar-refractivity contribution in [2.75, 3.05) is 5.32 Å². The van der Waals surface area contributed by atoms with Crippen LogP contribution in [0.2, 0.25) is 0 Å². The van der Waals surface area contributed by atoms with Crippen LogP contribution in [0, 0.1) is 20.8 Å². The van der Waals surface area contributed by atoms with Gasteiger partial charge in [-0.05, 0) is 45.4 Å². The van der Waals surface area contributed by atoms with Gasteiger partial charge < -0.3 is 10.3 Å². The summed E-state index contributed by atoms with van der Waals surface area (Å²) in [5.74, 6) is 0.646. The average Bonchev–Trinajstić information content (AvgIpc) is 3.19. The monoisotopic (exact) mass is 396 g/mol. The number of nitrogens with one attached hydrogen (secondary N) is 2. The highest BCUT2D eigenvalue weighted by atomic mass is 32.1. The lowest BCUT2D eigenvalue weighted by Crippen LogP contribution is -2.17. The Balaban J connectivity index is 1.58. The molecule has 0 aliphatic heterocycles. The van der Waals surface area contributed by atoms with Gasteiger partial charge in [-0.2, -0.15) is 0 Å². The lowest BCUT2D eigenvalue weighted by molar-refractivity contribution is 0.792. The van der Waals surface area contributed by atoms with Crippen molar-refractivity contribution in [3.63, 3.8) is 0 Å². The number of fused-ring (bicyclic) bond motifs is 1. The molecule has 0 saturated heterocycles. The van der Waals surface area contributed by atoms with Gasteiger partial charge in [-0.3, -0.25) is 4.79 Å². The third kappa shape index (κ3) is 3.40. The molecule has 3 aromatic heterocycles. The Hall–Kier alpha value is -2.51. The number of rotatable bonds is 4. The number of aromatic nitrogens is 3. The Morgan fingerprint density at radius 2 is 1.85 bits per heavy atom. The van der Waals surface area contributed by atoms with E-state index in [-0.39, 0.29) is 11.6 Å². The largest absolute Gasteiger partial charge is 0.375 e. The van der Waals surface area contributed by atoms with Crippen LogP contribution >= 0.6 is 22.7 Å². The number of aromatic amines is 1. The maximum atomic E-state index is 12.5. The van der Waals surface area contributed by atoms with E-state index in [4.69, 9.17) is 0 Å². The third-order valence-corrected chi connectivity index (χ3v) is 6.53. The zero-order chi connectivity index (χ0) is 19.1. The van der Waals surface area contributed by atoms with Gasteiger partial charge in [0.15, 0.2) is 0 Å². The number of thiazole rings is 1. The van der Waals surface area contributed by atoms with Crippen molar-refractivity contribution in [3.8, 4) is 11.3 Å². The first-order valence-corrected chi connectivity index (χ1v) is 10.4. The number of thiophene rings is 1. The van der Waals surface area contributed by atoms with Gasteiger partial charge >= 0.3 is 0 Å². The lowest BCUT2D eigenvalue weighted by atomic mass is 10.1. The summed E-state index contributed by atoms with van der Waals surface area (Å²) in [4.78, 5) is 26.5. The molecule has 3 heterocycles. The first-order chi connectivity index (χ1) is 12.9. The molecule has 0 aliphatic carbocycles. The Bertz CT molecular complexity index is 1170. The molecule has 1 aromatic carbocycles. The highest BCUT2D eigenvalue weighted by Gasteiger charge is 2.15. The van der Waals surface area contributed by atoms with Crippen LogP contribution in [-0.4, -0.2) is 15.0 Å². The van der Waals surface area contributed by atoms with Crippen molar-refractivity contribution in [2.45, 2.75) is 33.7 Å². The predicted octanol–water partition coefficient (Wildman–Crippen LogP) is 5.21.